The molecule has 0 aromatic heterocycles. The van der Waals surface area contributed by atoms with E-state index in [-0.39, 0.29) is 5.04 Å². The lowest BCUT2D eigenvalue weighted by atomic mass is 9.95. The highest BCUT2D eigenvalue weighted by Gasteiger charge is 2.48. The molecule has 1 atom stereocenters. The molecule has 21 heavy (non-hydrogen) atoms. The third-order valence-corrected chi connectivity index (χ3v) is 8.86. The molecule has 1 nitrogen and oxygen atoms in total. The van der Waals surface area contributed by atoms with Crippen molar-refractivity contribution in [1.29, 1.82) is 0 Å². The maximum Gasteiger partial charge on any atom is 0.161 e. The standard InChI is InChI=1S/C19H29NSi/c1-15(2)17-12-13-19(14-17,16(3)4)21(5,6)20-18-10-8-7-9-11-18/h7-16,20H,1-6H3. The van der Waals surface area contributed by atoms with Gasteiger partial charge in [0.2, 0.25) is 0 Å². The quantitative estimate of drug-likeness (QED) is 0.672. The van der Waals surface area contributed by atoms with E-state index in [9.17, 15) is 0 Å². The summed E-state index contributed by atoms with van der Waals surface area (Å²) in [4.78, 5) is 3.88. The Morgan fingerprint density at radius 2 is 1.62 bits per heavy atom. The number of para-hydroxylation sites is 1. The lowest BCUT2D eigenvalue weighted by molar-refractivity contribution is 0.552. The van der Waals surface area contributed by atoms with Crippen LogP contribution in [0, 0.1) is 11.8 Å². The van der Waals surface area contributed by atoms with Crippen molar-refractivity contribution in [2.45, 2.75) is 45.8 Å². The second-order valence-corrected chi connectivity index (χ2v) is 11.7. The van der Waals surface area contributed by atoms with Crippen molar-refractivity contribution in [3.8, 4) is 0 Å². The molecule has 1 unspecified atom stereocenters. The average molecular weight is 300 g/mol. The maximum absolute atomic E-state index is 3.88. The second-order valence-electron chi connectivity index (χ2n) is 7.34. The Balaban J connectivity index is 2.37. The Morgan fingerprint density at radius 3 is 2.10 bits per heavy atom. The summed E-state index contributed by atoms with van der Waals surface area (Å²) >= 11 is 0. The fourth-order valence-corrected chi connectivity index (χ4v) is 7.00. The Morgan fingerprint density at radius 1 is 1.00 bits per heavy atom. The van der Waals surface area contributed by atoms with Crippen molar-refractivity contribution in [2.24, 2.45) is 11.8 Å². The summed E-state index contributed by atoms with van der Waals surface area (Å²) in [6.45, 7) is 14.2. The van der Waals surface area contributed by atoms with Gasteiger partial charge in [-0.1, -0.05) is 77.2 Å². The van der Waals surface area contributed by atoms with Crippen LogP contribution in [0.5, 0.6) is 0 Å². The number of nitrogens with one attached hydrogen (secondary N) is 1. The molecule has 114 valence electrons. The van der Waals surface area contributed by atoms with E-state index in [0.29, 0.717) is 11.8 Å². The zero-order chi connectivity index (χ0) is 15.7. The SMILES string of the molecule is CC(C)C1=CC(C(C)C)([Si](C)(C)Nc2ccccc2)C=C1. The second kappa shape index (κ2) is 5.84. The van der Waals surface area contributed by atoms with Crippen LogP contribution in [0.3, 0.4) is 0 Å². The van der Waals surface area contributed by atoms with Gasteiger partial charge in [-0.05, 0) is 29.5 Å². The number of hydrogen-bond acceptors (Lipinski definition) is 1. The van der Waals surface area contributed by atoms with E-state index < -0.39 is 8.24 Å². The van der Waals surface area contributed by atoms with E-state index >= 15 is 0 Å². The largest absolute Gasteiger partial charge is 0.410 e. The van der Waals surface area contributed by atoms with Gasteiger partial charge in [-0.2, -0.15) is 0 Å². The van der Waals surface area contributed by atoms with Crippen LogP contribution in [-0.2, 0) is 0 Å². The van der Waals surface area contributed by atoms with Gasteiger partial charge in [-0.25, -0.2) is 0 Å². The van der Waals surface area contributed by atoms with E-state index in [1.165, 1.54) is 11.3 Å². The van der Waals surface area contributed by atoms with Crippen molar-refractivity contribution in [1.82, 2.24) is 0 Å². The van der Waals surface area contributed by atoms with Crippen LogP contribution >= 0.6 is 0 Å². The Labute approximate surface area is 131 Å². The summed E-state index contributed by atoms with van der Waals surface area (Å²) in [5.41, 5.74) is 2.73. The third-order valence-electron chi connectivity index (χ3n) is 4.89. The number of rotatable bonds is 5. The normalized spacial score (nSPS) is 22.0. The molecule has 0 aliphatic heterocycles. The number of benzene rings is 1. The molecule has 0 saturated carbocycles. The molecule has 0 fully saturated rings. The maximum atomic E-state index is 3.88. The topological polar surface area (TPSA) is 12.0 Å². The molecule has 1 aliphatic carbocycles. The lowest BCUT2D eigenvalue weighted by Gasteiger charge is -2.44. The van der Waals surface area contributed by atoms with Gasteiger partial charge in [-0.3, -0.25) is 0 Å². The third kappa shape index (κ3) is 3.01. The average Bonchev–Trinajstić information content (AvgIpc) is 2.86. The predicted molar refractivity (Wildman–Crippen MR) is 97.1 cm³/mol. The van der Waals surface area contributed by atoms with Crippen molar-refractivity contribution >= 4 is 13.9 Å². The summed E-state index contributed by atoms with van der Waals surface area (Å²) in [6, 6.07) is 10.6. The molecule has 0 heterocycles. The van der Waals surface area contributed by atoms with Crippen LogP contribution in [0.1, 0.15) is 27.7 Å². The highest BCUT2D eigenvalue weighted by molar-refractivity contribution is 6.84. The van der Waals surface area contributed by atoms with Crippen LogP contribution in [0.4, 0.5) is 5.69 Å². The van der Waals surface area contributed by atoms with Crippen molar-refractivity contribution in [2.75, 3.05) is 4.98 Å². The van der Waals surface area contributed by atoms with Gasteiger partial charge in [0.15, 0.2) is 8.24 Å². The van der Waals surface area contributed by atoms with Crippen LogP contribution in [-0.4, -0.2) is 8.24 Å². The van der Waals surface area contributed by atoms with Gasteiger partial charge >= 0.3 is 0 Å². The summed E-state index contributed by atoms with van der Waals surface area (Å²) < 4.78 is 0. The predicted octanol–water partition coefficient (Wildman–Crippen LogP) is 5.85. The molecule has 0 amide bonds. The van der Waals surface area contributed by atoms with Gasteiger partial charge in [0.05, 0.1) is 0 Å². The summed E-state index contributed by atoms with van der Waals surface area (Å²) in [5.74, 6) is 1.20. The van der Waals surface area contributed by atoms with E-state index in [2.05, 4.69) is 94.3 Å². The molecular formula is C19H29NSi. The van der Waals surface area contributed by atoms with E-state index in [1.54, 1.807) is 0 Å². The molecule has 1 N–H and O–H groups in total. The Bertz CT molecular complexity index is 540. The van der Waals surface area contributed by atoms with E-state index in [0.717, 1.165) is 0 Å². The summed E-state index contributed by atoms with van der Waals surface area (Å²) in [7, 11) is -1.73. The van der Waals surface area contributed by atoms with Crippen LogP contribution < -0.4 is 4.98 Å². The lowest BCUT2D eigenvalue weighted by Crippen LogP contribution is -2.50. The van der Waals surface area contributed by atoms with Crippen molar-refractivity contribution in [3.63, 3.8) is 0 Å². The molecule has 1 aromatic rings. The van der Waals surface area contributed by atoms with Gasteiger partial charge in [-0.15, -0.1) is 0 Å². The van der Waals surface area contributed by atoms with E-state index in [4.69, 9.17) is 0 Å². The van der Waals surface area contributed by atoms with Crippen molar-refractivity contribution < 1.29 is 0 Å². The monoisotopic (exact) mass is 299 g/mol. The fraction of sp³-hybridized carbons (Fsp3) is 0.474. The smallest absolute Gasteiger partial charge is 0.161 e. The molecular weight excluding hydrogens is 270 g/mol. The van der Waals surface area contributed by atoms with Crippen molar-refractivity contribution in [3.05, 3.63) is 54.1 Å². The molecule has 0 radical (unpaired) electrons. The Hall–Kier alpha value is -1.28. The summed E-state index contributed by atoms with van der Waals surface area (Å²) in [6.07, 6.45) is 7.37. The molecule has 1 aromatic carbocycles. The first-order valence-corrected chi connectivity index (χ1v) is 11.0. The minimum atomic E-state index is -1.73. The van der Waals surface area contributed by atoms with Gasteiger partial charge in [0, 0.05) is 10.7 Å². The first-order valence-electron chi connectivity index (χ1n) is 8.04. The zero-order valence-electron chi connectivity index (χ0n) is 14.3. The first-order chi connectivity index (χ1) is 9.78. The highest BCUT2D eigenvalue weighted by atomic mass is 28.3. The molecule has 0 bridgehead atoms. The molecule has 0 spiro atoms. The minimum Gasteiger partial charge on any atom is -0.410 e. The van der Waals surface area contributed by atoms with Gasteiger partial charge in [0.25, 0.3) is 0 Å². The number of allylic oxidation sites excluding steroid dienone is 4. The fourth-order valence-electron chi connectivity index (χ4n) is 3.43. The van der Waals surface area contributed by atoms with Crippen LogP contribution in [0.25, 0.3) is 0 Å². The number of hydrogen-bond donors (Lipinski definition) is 1. The first kappa shape index (κ1) is 16.1. The molecule has 1 aliphatic rings. The van der Waals surface area contributed by atoms with Crippen LogP contribution in [0.15, 0.2) is 54.1 Å². The van der Waals surface area contributed by atoms with Gasteiger partial charge in [0.1, 0.15) is 0 Å². The van der Waals surface area contributed by atoms with Crippen LogP contribution in [0.2, 0.25) is 18.1 Å². The highest BCUT2D eigenvalue weighted by Crippen LogP contribution is 2.52. The molecule has 0 saturated heterocycles. The minimum absolute atomic E-state index is 0.183. The summed E-state index contributed by atoms with van der Waals surface area (Å²) in [5, 5.41) is 0.183. The Kier molecular flexibility index (Phi) is 4.48. The molecule has 2 rings (SSSR count). The number of anilines is 1. The van der Waals surface area contributed by atoms with E-state index in [1.807, 2.05) is 0 Å². The zero-order valence-corrected chi connectivity index (χ0v) is 15.3. The molecule has 2 heteroatoms. The van der Waals surface area contributed by atoms with Gasteiger partial charge < -0.3 is 4.98 Å².